The standard InChI is InChI=1S/C18H14N6O8S.Na/c19-11-7-9(1-4-14(11)24(28)29)20-23-17-16(26)6-3-12(18(17)27)21-22-13-8-10(33(30,31)32)2-5-15(13)25;/h1-8,20,22,25H,19H2,(H,30,31,32);/q;+1/p-1. The molecule has 0 aliphatic carbocycles. The third-order valence-corrected chi connectivity index (χ3v) is 4.98. The number of anilines is 3. The van der Waals surface area contributed by atoms with E-state index in [1.54, 1.807) is 0 Å². The maximum absolute atomic E-state index is 12.6. The van der Waals surface area contributed by atoms with E-state index in [1.807, 2.05) is 0 Å². The third kappa shape index (κ3) is 6.03. The summed E-state index contributed by atoms with van der Waals surface area (Å²) in [7, 11) is -4.81. The van der Waals surface area contributed by atoms with Gasteiger partial charge < -0.3 is 15.4 Å². The number of nitrogens with one attached hydrogen (secondary N) is 2. The zero-order valence-electron chi connectivity index (χ0n) is 17.3. The van der Waals surface area contributed by atoms with Gasteiger partial charge in [-0.05, 0) is 42.5 Å². The second-order valence-corrected chi connectivity index (χ2v) is 7.75. The SMILES string of the molecule is Nc1cc(NN=c2c(=O)ccc(=NNc3cc(S(=O)(=O)[O-])ccc3O)c2=O)ccc1[N+](=O)[O-].[Na+]. The zero-order chi connectivity index (χ0) is 24.3. The molecule has 0 unspecified atom stereocenters. The Morgan fingerprint density at radius 2 is 1.71 bits per heavy atom. The molecule has 5 N–H and O–H groups in total. The average molecular weight is 496 g/mol. The molecule has 0 bridgehead atoms. The van der Waals surface area contributed by atoms with Crippen LogP contribution in [0.5, 0.6) is 5.75 Å². The molecule has 0 fully saturated rings. The van der Waals surface area contributed by atoms with Crippen LogP contribution >= 0.6 is 0 Å². The van der Waals surface area contributed by atoms with Gasteiger partial charge in [-0.3, -0.25) is 30.6 Å². The Morgan fingerprint density at radius 1 is 1.00 bits per heavy atom. The fraction of sp³-hybridized carbons (Fsp3) is 0. The summed E-state index contributed by atoms with van der Waals surface area (Å²) in [6, 6.07) is 8.27. The first kappa shape index (κ1) is 26.6. The van der Waals surface area contributed by atoms with E-state index in [1.165, 1.54) is 12.1 Å². The summed E-state index contributed by atoms with van der Waals surface area (Å²) in [5.41, 5.74) is 7.92. The smallest absolute Gasteiger partial charge is 0.744 e. The molecule has 3 aromatic carbocycles. The summed E-state index contributed by atoms with van der Waals surface area (Å²) in [4.78, 5) is 34.1. The first-order valence-electron chi connectivity index (χ1n) is 8.74. The van der Waals surface area contributed by atoms with E-state index in [-0.39, 0.29) is 57.7 Å². The van der Waals surface area contributed by atoms with E-state index >= 15 is 0 Å². The summed E-state index contributed by atoms with van der Waals surface area (Å²) >= 11 is 0. The summed E-state index contributed by atoms with van der Waals surface area (Å²) in [6.45, 7) is 0. The van der Waals surface area contributed by atoms with Gasteiger partial charge in [0.05, 0.1) is 21.2 Å². The van der Waals surface area contributed by atoms with Crippen molar-refractivity contribution in [3.63, 3.8) is 0 Å². The van der Waals surface area contributed by atoms with Crippen molar-refractivity contribution in [2.24, 2.45) is 10.2 Å². The van der Waals surface area contributed by atoms with Crippen LogP contribution in [0.1, 0.15) is 0 Å². The van der Waals surface area contributed by atoms with Crippen LogP contribution in [0, 0.1) is 10.1 Å². The van der Waals surface area contributed by atoms with Crippen LogP contribution in [0.25, 0.3) is 0 Å². The molecule has 0 saturated heterocycles. The van der Waals surface area contributed by atoms with Crippen LogP contribution in [0.15, 0.2) is 73.2 Å². The molecule has 0 aliphatic heterocycles. The largest absolute Gasteiger partial charge is 1.00 e. The molecule has 0 saturated carbocycles. The number of nitro groups is 1. The molecule has 0 atom stereocenters. The Hall–Kier alpha value is -3.63. The Bertz CT molecular complexity index is 1600. The van der Waals surface area contributed by atoms with Crippen molar-refractivity contribution in [1.82, 2.24) is 0 Å². The molecule has 0 spiro atoms. The number of rotatable bonds is 6. The molecule has 3 aromatic rings. The van der Waals surface area contributed by atoms with Gasteiger partial charge >= 0.3 is 29.6 Å². The van der Waals surface area contributed by atoms with Crippen molar-refractivity contribution < 1.29 is 52.6 Å². The minimum atomic E-state index is -4.81. The number of aromatic hydroxyl groups is 1. The van der Waals surface area contributed by atoms with E-state index in [9.17, 15) is 37.8 Å². The van der Waals surface area contributed by atoms with Crippen molar-refractivity contribution >= 4 is 32.9 Å². The molecule has 0 aromatic heterocycles. The molecular formula is C18H13N6NaO8S. The predicted molar refractivity (Wildman–Crippen MR) is 113 cm³/mol. The molecular weight excluding hydrogens is 483 g/mol. The van der Waals surface area contributed by atoms with Gasteiger partial charge in [-0.15, -0.1) is 0 Å². The first-order valence-corrected chi connectivity index (χ1v) is 10.2. The quantitative estimate of drug-likeness (QED) is 0.0646. The van der Waals surface area contributed by atoms with Gasteiger partial charge in [0.2, 0.25) is 10.9 Å². The molecule has 0 aliphatic rings. The summed E-state index contributed by atoms with van der Waals surface area (Å²) in [5, 5.41) is 27.2. The molecule has 0 heterocycles. The van der Waals surface area contributed by atoms with Gasteiger partial charge in [0, 0.05) is 6.07 Å². The van der Waals surface area contributed by atoms with Crippen molar-refractivity contribution in [2.45, 2.75) is 4.90 Å². The normalized spacial score (nSPS) is 12.1. The molecule has 0 radical (unpaired) electrons. The number of nitro benzene ring substituents is 1. The molecule has 14 nitrogen and oxygen atoms in total. The number of benzene rings is 3. The van der Waals surface area contributed by atoms with E-state index < -0.39 is 41.9 Å². The second-order valence-electron chi connectivity index (χ2n) is 6.37. The average Bonchev–Trinajstić information content (AvgIpc) is 2.73. The number of hydrogen-bond donors (Lipinski definition) is 4. The summed E-state index contributed by atoms with van der Waals surface area (Å²) < 4.78 is 33.4. The summed E-state index contributed by atoms with van der Waals surface area (Å²) in [5.74, 6) is -0.457. The van der Waals surface area contributed by atoms with Crippen molar-refractivity contribution in [2.75, 3.05) is 16.6 Å². The fourth-order valence-corrected chi connectivity index (χ4v) is 3.02. The van der Waals surface area contributed by atoms with E-state index in [2.05, 4.69) is 21.1 Å². The molecule has 170 valence electrons. The topological polar surface area (TPSA) is 230 Å². The number of phenols is 1. The number of nitrogens with zero attached hydrogens (tertiary/aromatic N) is 3. The second kappa shape index (κ2) is 10.5. The molecule has 34 heavy (non-hydrogen) atoms. The Kier molecular flexibility index (Phi) is 8.25. The van der Waals surface area contributed by atoms with Crippen LogP contribution < -0.4 is 67.7 Å². The Balaban J connectivity index is 0.00000408. The van der Waals surface area contributed by atoms with Crippen LogP contribution in [-0.2, 0) is 10.1 Å². The monoisotopic (exact) mass is 496 g/mol. The maximum atomic E-state index is 12.6. The maximum Gasteiger partial charge on any atom is 1.00 e. The van der Waals surface area contributed by atoms with E-state index in [0.717, 1.165) is 36.4 Å². The van der Waals surface area contributed by atoms with E-state index in [4.69, 9.17) is 5.73 Å². The molecule has 16 heteroatoms. The van der Waals surface area contributed by atoms with Gasteiger partial charge in [0.1, 0.15) is 26.9 Å². The van der Waals surface area contributed by atoms with Gasteiger partial charge in [0.25, 0.3) is 5.69 Å². The van der Waals surface area contributed by atoms with Gasteiger partial charge in [-0.2, -0.15) is 10.2 Å². The van der Waals surface area contributed by atoms with Crippen molar-refractivity contribution in [3.05, 3.63) is 89.8 Å². The number of phenolic OH excluding ortho intramolecular Hbond substituents is 1. The Labute approximate surface area is 212 Å². The van der Waals surface area contributed by atoms with Crippen LogP contribution in [0.3, 0.4) is 0 Å². The van der Waals surface area contributed by atoms with Crippen molar-refractivity contribution in [3.8, 4) is 5.75 Å². The van der Waals surface area contributed by atoms with Gasteiger partial charge in [0.15, 0.2) is 5.36 Å². The minimum Gasteiger partial charge on any atom is -0.744 e. The number of nitrogens with two attached hydrogens (primary N) is 1. The van der Waals surface area contributed by atoms with Gasteiger partial charge in [-0.1, -0.05) is 0 Å². The minimum absolute atomic E-state index is 0. The zero-order valence-corrected chi connectivity index (χ0v) is 20.1. The predicted octanol–water partition coefficient (Wildman–Crippen LogP) is -3.76. The van der Waals surface area contributed by atoms with Crippen molar-refractivity contribution in [1.29, 1.82) is 0 Å². The molecule has 0 amide bonds. The van der Waals surface area contributed by atoms with Crippen LogP contribution in [0.2, 0.25) is 0 Å². The van der Waals surface area contributed by atoms with E-state index in [0.29, 0.717) is 0 Å². The van der Waals surface area contributed by atoms with Gasteiger partial charge in [-0.25, -0.2) is 8.42 Å². The molecule has 3 rings (SSSR count). The Morgan fingerprint density at radius 3 is 2.32 bits per heavy atom. The number of hydrogen-bond acceptors (Lipinski definition) is 13. The third-order valence-electron chi connectivity index (χ3n) is 4.15. The van der Waals surface area contributed by atoms with Crippen LogP contribution in [0.4, 0.5) is 22.7 Å². The number of nitrogen functional groups attached to an aromatic ring is 1. The first-order chi connectivity index (χ1) is 15.5. The van der Waals surface area contributed by atoms with Crippen LogP contribution in [-0.4, -0.2) is 23.0 Å². The summed E-state index contributed by atoms with van der Waals surface area (Å²) in [6.07, 6.45) is 0. The fourth-order valence-electron chi connectivity index (χ4n) is 2.53.